The van der Waals surface area contributed by atoms with E-state index in [1.54, 1.807) is 18.3 Å². The molecule has 0 saturated heterocycles. The number of ether oxygens (including phenoxy) is 1. The zero-order chi connectivity index (χ0) is 15.2. The molecular weight excluding hydrogens is 300 g/mol. The number of rotatable bonds is 5. The van der Waals surface area contributed by atoms with Crippen LogP contribution in [0.1, 0.15) is 10.4 Å². The van der Waals surface area contributed by atoms with Crippen molar-refractivity contribution in [1.29, 1.82) is 0 Å². The van der Waals surface area contributed by atoms with Crippen molar-refractivity contribution >= 4 is 23.8 Å². The van der Waals surface area contributed by atoms with Crippen LogP contribution in [-0.4, -0.2) is 17.5 Å². The number of alkyl halides is 2. The zero-order valence-electron chi connectivity index (χ0n) is 10.6. The second-order valence-corrected chi connectivity index (χ2v) is 4.30. The molecule has 0 aliphatic carbocycles. The monoisotopic (exact) mass is 311 g/mol. The Kier molecular flexibility index (Phi) is 4.83. The van der Waals surface area contributed by atoms with Crippen LogP contribution in [0.15, 0.2) is 42.6 Å². The first-order valence-corrected chi connectivity index (χ1v) is 6.26. The summed E-state index contributed by atoms with van der Waals surface area (Å²) in [4.78, 5) is 14.6. The van der Waals surface area contributed by atoms with Gasteiger partial charge in [-0.15, -0.1) is 0 Å². The van der Waals surface area contributed by atoms with Crippen LogP contribution in [0.4, 0.5) is 14.5 Å². The zero-order valence-corrected chi connectivity index (χ0v) is 11.4. The van der Waals surface area contributed by atoms with Crippen LogP contribution in [-0.2, 0) is 0 Å². The number of carbonyl (C=O) groups excluding carboxylic acids is 1. The average Bonchev–Trinajstić information content (AvgIpc) is 2.46. The Balaban J connectivity index is 1.95. The second kappa shape index (κ2) is 6.80. The van der Waals surface area contributed by atoms with Crippen LogP contribution >= 0.6 is 12.2 Å². The third-order valence-corrected chi connectivity index (χ3v) is 2.80. The summed E-state index contributed by atoms with van der Waals surface area (Å²) in [7, 11) is 0. The molecule has 0 saturated carbocycles. The number of hydrogen-bond donors (Lipinski definition) is 3. The van der Waals surface area contributed by atoms with Crippen molar-refractivity contribution in [2.75, 3.05) is 5.43 Å². The molecule has 0 radical (unpaired) electrons. The van der Waals surface area contributed by atoms with Crippen LogP contribution in [0.2, 0.25) is 0 Å². The quantitative estimate of drug-likeness (QED) is 0.586. The minimum Gasteiger partial charge on any atom is -0.435 e. The minimum absolute atomic E-state index is 0.0346. The van der Waals surface area contributed by atoms with Gasteiger partial charge in [0.25, 0.3) is 5.91 Å². The van der Waals surface area contributed by atoms with Gasteiger partial charge in [0.05, 0.1) is 11.3 Å². The standard InChI is InChI=1S/C13H11F2N3O2S/c14-13(15)20-9-5-3-8(4-6-9)17-18-11(19)10-2-1-7-16-12(10)21/h1-7,13,17H,(H,16,21)(H,18,19). The third-order valence-electron chi connectivity index (χ3n) is 2.46. The van der Waals surface area contributed by atoms with Crippen molar-refractivity contribution in [3.8, 4) is 5.75 Å². The lowest BCUT2D eigenvalue weighted by Gasteiger charge is -2.09. The molecular formula is C13H11F2N3O2S. The van der Waals surface area contributed by atoms with E-state index in [9.17, 15) is 13.6 Å². The van der Waals surface area contributed by atoms with E-state index in [1.807, 2.05) is 0 Å². The molecule has 1 amide bonds. The minimum atomic E-state index is -2.87. The fourth-order valence-corrected chi connectivity index (χ4v) is 1.75. The van der Waals surface area contributed by atoms with Crippen LogP contribution in [0.25, 0.3) is 0 Å². The average molecular weight is 311 g/mol. The van der Waals surface area contributed by atoms with E-state index in [1.165, 1.54) is 24.3 Å². The molecule has 1 heterocycles. The number of carbonyl (C=O) groups is 1. The molecule has 1 aromatic carbocycles. The molecule has 5 nitrogen and oxygen atoms in total. The highest BCUT2D eigenvalue weighted by Crippen LogP contribution is 2.17. The summed E-state index contributed by atoms with van der Waals surface area (Å²) in [6, 6.07) is 8.93. The maximum Gasteiger partial charge on any atom is 0.387 e. The number of halogens is 2. The van der Waals surface area contributed by atoms with Gasteiger partial charge in [0.15, 0.2) is 0 Å². The molecule has 110 valence electrons. The molecule has 0 aliphatic heterocycles. The second-order valence-electron chi connectivity index (χ2n) is 3.89. The van der Waals surface area contributed by atoms with E-state index >= 15 is 0 Å². The Hall–Kier alpha value is -2.48. The number of hydrazine groups is 1. The maximum absolute atomic E-state index is 12.0. The van der Waals surface area contributed by atoms with Gasteiger partial charge < -0.3 is 9.72 Å². The molecule has 2 aromatic rings. The van der Waals surface area contributed by atoms with Crippen molar-refractivity contribution in [2.45, 2.75) is 6.61 Å². The number of anilines is 1. The number of amides is 1. The molecule has 0 atom stereocenters. The highest BCUT2D eigenvalue weighted by atomic mass is 32.1. The molecule has 0 fully saturated rings. The Labute approximate surface area is 123 Å². The molecule has 0 unspecified atom stereocenters. The smallest absolute Gasteiger partial charge is 0.387 e. The van der Waals surface area contributed by atoms with Gasteiger partial charge in [0.1, 0.15) is 10.4 Å². The Morgan fingerprint density at radius 3 is 2.57 bits per heavy atom. The van der Waals surface area contributed by atoms with Crippen LogP contribution in [0, 0.1) is 4.64 Å². The number of benzene rings is 1. The van der Waals surface area contributed by atoms with Crippen LogP contribution in [0.5, 0.6) is 5.75 Å². The summed E-state index contributed by atoms with van der Waals surface area (Å²) in [6.07, 6.45) is 1.62. The van der Waals surface area contributed by atoms with Gasteiger partial charge in [-0.05, 0) is 36.4 Å². The highest BCUT2D eigenvalue weighted by molar-refractivity contribution is 7.71. The number of nitrogens with one attached hydrogen (secondary N) is 3. The van der Waals surface area contributed by atoms with Gasteiger partial charge in [0, 0.05) is 6.20 Å². The normalized spacial score (nSPS) is 10.2. The molecule has 1 aromatic heterocycles. The summed E-state index contributed by atoms with van der Waals surface area (Å²) < 4.78 is 28.5. The largest absolute Gasteiger partial charge is 0.435 e. The summed E-state index contributed by atoms with van der Waals surface area (Å²) in [5, 5.41) is 0. The fraction of sp³-hybridized carbons (Fsp3) is 0.0769. The third kappa shape index (κ3) is 4.25. The van der Waals surface area contributed by atoms with Gasteiger partial charge in [-0.3, -0.25) is 15.6 Å². The fourth-order valence-electron chi connectivity index (χ4n) is 1.52. The van der Waals surface area contributed by atoms with Gasteiger partial charge in [0.2, 0.25) is 0 Å². The van der Waals surface area contributed by atoms with Gasteiger partial charge in [-0.25, -0.2) is 0 Å². The molecule has 21 heavy (non-hydrogen) atoms. The summed E-state index contributed by atoms with van der Waals surface area (Å²) in [6.45, 7) is -2.87. The maximum atomic E-state index is 12.0. The van der Waals surface area contributed by atoms with Gasteiger partial charge in [-0.1, -0.05) is 12.2 Å². The van der Waals surface area contributed by atoms with E-state index in [4.69, 9.17) is 12.2 Å². The van der Waals surface area contributed by atoms with E-state index in [0.29, 0.717) is 15.9 Å². The molecule has 2 rings (SSSR count). The van der Waals surface area contributed by atoms with E-state index in [-0.39, 0.29) is 5.75 Å². The first-order valence-electron chi connectivity index (χ1n) is 5.85. The molecule has 3 N–H and O–H groups in total. The van der Waals surface area contributed by atoms with E-state index in [0.717, 1.165) is 0 Å². The Morgan fingerprint density at radius 2 is 1.95 bits per heavy atom. The molecule has 0 spiro atoms. The summed E-state index contributed by atoms with van der Waals surface area (Å²) in [5.41, 5.74) is 5.93. The van der Waals surface area contributed by atoms with Crippen LogP contribution in [0.3, 0.4) is 0 Å². The van der Waals surface area contributed by atoms with Crippen molar-refractivity contribution < 1.29 is 18.3 Å². The Bertz CT molecular complexity index is 674. The van der Waals surface area contributed by atoms with E-state index in [2.05, 4.69) is 20.6 Å². The number of aromatic amines is 1. The summed E-state index contributed by atoms with van der Waals surface area (Å²) >= 11 is 4.98. The van der Waals surface area contributed by atoms with Crippen molar-refractivity contribution in [2.24, 2.45) is 0 Å². The van der Waals surface area contributed by atoms with Crippen molar-refractivity contribution in [1.82, 2.24) is 10.4 Å². The van der Waals surface area contributed by atoms with Crippen molar-refractivity contribution in [3.63, 3.8) is 0 Å². The molecule has 0 aliphatic rings. The highest BCUT2D eigenvalue weighted by Gasteiger charge is 2.07. The van der Waals surface area contributed by atoms with E-state index < -0.39 is 12.5 Å². The predicted octanol–water partition coefficient (Wildman–Crippen LogP) is 3.10. The molecule has 0 bridgehead atoms. The Morgan fingerprint density at radius 1 is 1.24 bits per heavy atom. The number of hydrogen-bond acceptors (Lipinski definition) is 4. The topological polar surface area (TPSA) is 66.2 Å². The van der Waals surface area contributed by atoms with Gasteiger partial charge in [-0.2, -0.15) is 8.78 Å². The first kappa shape index (κ1) is 14.9. The number of aromatic nitrogens is 1. The molecule has 8 heteroatoms. The lowest BCUT2D eigenvalue weighted by atomic mass is 10.3. The van der Waals surface area contributed by atoms with Crippen LogP contribution < -0.4 is 15.6 Å². The number of H-pyrrole nitrogens is 1. The lowest BCUT2D eigenvalue weighted by molar-refractivity contribution is -0.0498. The SMILES string of the molecule is O=C(NNc1ccc(OC(F)F)cc1)c1ccc[nH]c1=S. The van der Waals surface area contributed by atoms with Gasteiger partial charge >= 0.3 is 6.61 Å². The summed E-state index contributed by atoms with van der Waals surface area (Å²) in [5.74, 6) is -0.378. The van der Waals surface area contributed by atoms with Crippen molar-refractivity contribution in [3.05, 3.63) is 52.8 Å². The number of pyridine rings is 1. The predicted molar refractivity (Wildman–Crippen MR) is 75.8 cm³/mol. The lowest BCUT2D eigenvalue weighted by Crippen LogP contribution is -2.29. The first-order chi connectivity index (χ1) is 10.1.